The summed E-state index contributed by atoms with van der Waals surface area (Å²) in [6, 6.07) is 14.1. The van der Waals surface area contributed by atoms with Crippen molar-refractivity contribution in [3.8, 4) is 5.75 Å². The van der Waals surface area contributed by atoms with Crippen molar-refractivity contribution in [3.05, 3.63) is 63.6 Å². The molecule has 2 aromatic rings. The molecule has 0 radical (unpaired) electrons. The summed E-state index contributed by atoms with van der Waals surface area (Å²) in [6.07, 6.45) is 0. The Bertz CT molecular complexity index is 540. The number of rotatable bonds is 4. The molecular weight excluding hydrogens is 290 g/mol. The standard InChI is InChI=1S/C15H16BrNO/c1-11-6-7-14(16)8-15(11)18-10-13-5-3-2-4-12(13)9-17/h2-8H,9-10,17H2,1H3. The van der Waals surface area contributed by atoms with E-state index in [1.165, 1.54) is 0 Å². The number of aryl methyl sites for hydroxylation is 1. The number of halogens is 1. The molecule has 18 heavy (non-hydrogen) atoms. The Morgan fingerprint density at radius 1 is 1.11 bits per heavy atom. The molecule has 0 aromatic heterocycles. The van der Waals surface area contributed by atoms with Gasteiger partial charge in [-0.05, 0) is 35.7 Å². The second-order valence-electron chi connectivity index (χ2n) is 4.17. The third kappa shape index (κ3) is 3.12. The fraction of sp³-hybridized carbons (Fsp3) is 0.200. The highest BCUT2D eigenvalue weighted by molar-refractivity contribution is 9.10. The van der Waals surface area contributed by atoms with Crippen LogP contribution in [0.4, 0.5) is 0 Å². The van der Waals surface area contributed by atoms with E-state index >= 15 is 0 Å². The molecule has 0 bridgehead atoms. The van der Waals surface area contributed by atoms with Crippen LogP contribution in [0.15, 0.2) is 46.9 Å². The van der Waals surface area contributed by atoms with Crippen LogP contribution in [0.25, 0.3) is 0 Å². The zero-order valence-corrected chi connectivity index (χ0v) is 11.9. The first-order valence-corrected chi connectivity index (χ1v) is 6.66. The number of nitrogens with two attached hydrogens (primary N) is 1. The maximum Gasteiger partial charge on any atom is 0.123 e. The van der Waals surface area contributed by atoms with Gasteiger partial charge >= 0.3 is 0 Å². The van der Waals surface area contributed by atoms with Gasteiger partial charge in [-0.2, -0.15) is 0 Å². The van der Waals surface area contributed by atoms with E-state index < -0.39 is 0 Å². The maximum absolute atomic E-state index is 5.86. The second-order valence-corrected chi connectivity index (χ2v) is 5.09. The highest BCUT2D eigenvalue weighted by Crippen LogP contribution is 2.24. The molecule has 0 fully saturated rings. The van der Waals surface area contributed by atoms with E-state index in [4.69, 9.17) is 10.5 Å². The van der Waals surface area contributed by atoms with Crippen LogP contribution in [-0.4, -0.2) is 0 Å². The van der Waals surface area contributed by atoms with Crippen LogP contribution in [-0.2, 0) is 13.2 Å². The normalized spacial score (nSPS) is 10.4. The van der Waals surface area contributed by atoms with Gasteiger partial charge in [-0.3, -0.25) is 0 Å². The summed E-state index contributed by atoms with van der Waals surface area (Å²) in [5.41, 5.74) is 9.11. The molecule has 0 aliphatic heterocycles. The zero-order valence-electron chi connectivity index (χ0n) is 10.3. The molecule has 94 valence electrons. The van der Waals surface area contributed by atoms with Crippen molar-refractivity contribution in [2.24, 2.45) is 5.73 Å². The lowest BCUT2D eigenvalue weighted by Crippen LogP contribution is -2.04. The molecule has 0 saturated carbocycles. The molecule has 2 rings (SSSR count). The number of benzene rings is 2. The van der Waals surface area contributed by atoms with E-state index in [1.807, 2.05) is 43.3 Å². The lowest BCUT2D eigenvalue weighted by Gasteiger charge is -2.12. The minimum absolute atomic E-state index is 0.539. The molecule has 0 aliphatic rings. The molecule has 2 nitrogen and oxygen atoms in total. The molecule has 0 saturated heterocycles. The smallest absolute Gasteiger partial charge is 0.123 e. The highest BCUT2D eigenvalue weighted by atomic mass is 79.9. The van der Waals surface area contributed by atoms with E-state index in [-0.39, 0.29) is 0 Å². The predicted octanol–water partition coefficient (Wildman–Crippen LogP) is 3.80. The lowest BCUT2D eigenvalue weighted by atomic mass is 10.1. The van der Waals surface area contributed by atoms with Gasteiger partial charge in [0.2, 0.25) is 0 Å². The van der Waals surface area contributed by atoms with Gasteiger partial charge in [0.15, 0.2) is 0 Å². The van der Waals surface area contributed by atoms with Crippen LogP contribution in [0.1, 0.15) is 16.7 Å². The quantitative estimate of drug-likeness (QED) is 0.932. The first-order chi connectivity index (χ1) is 8.70. The summed E-state index contributed by atoms with van der Waals surface area (Å²) in [6.45, 7) is 3.12. The average Bonchev–Trinajstić information content (AvgIpc) is 2.40. The van der Waals surface area contributed by atoms with Crippen LogP contribution >= 0.6 is 15.9 Å². The molecule has 0 heterocycles. The van der Waals surface area contributed by atoms with Crippen molar-refractivity contribution in [3.63, 3.8) is 0 Å². The first-order valence-electron chi connectivity index (χ1n) is 5.86. The third-order valence-electron chi connectivity index (χ3n) is 2.87. The van der Waals surface area contributed by atoms with Gasteiger partial charge in [0.25, 0.3) is 0 Å². The Morgan fingerprint density at radius 3 is 2.56 bits per heavy atom. The maximum atomic E-state index is 5.86. The second kappa shape index (κ2) is 6.03. The zero-order chi connectivity index (χ0) is 13.0. The van der Waals surface area contributed by atoms with Crippen molar-refractivity contribution in [2.75, 3.05) is 0 Å². The molecule has 0 aliphatic carbocycles. The van der Waals surface area contributed by atoms with Crippen molar-refractivity contribution in [1.82, 2.24) is 0 Å². The van der Waals surface area contributed by atoms with Gasteiger partial charge in [0, 0.05) is 11.0 Å². The summed E-state index contributed by atoms with van der Waals surface area (Å²) < 4.78 is 6.88. The van der Waals surface area contributed by atoms with Gasteiger partial charge in [-0.15, -0.1) is 0 Å². The van der Waals surface area contributed by atoms with E-state index in [0.29, 0.717) is 13.2 Å². The SMILES string of the molecule is Cc1ccc(Br)cc1OCc1ccccc1CN. The number of hydrogen-bond donors (Lipinski definition) is 1. The number of hydrogen-bond acceptors (Lipinski definition) is 2. The minimum Gasteiger partial charge on any atom is -0.489 e. The van der Waals surface area contributed by atoms with Gasteiger partial charge in [-0.25, -0.2) is 0 Å². The molecular formula is C15H16BrNO. The van der Waals surface area contributed by atoms with Crippen molar-refractivity contribution in [1.29, 1.82) is 0 Å². The molecule has 2 N–H and O–H groups in total. The summed E-state index contributed by atoms with van der Waals surface area (Å²) in [4.78, 5) is 0. The average molecular weight is 306 g/mol. The summed E-state index contributed by atoms with van der Waals surface area (Å²) in [7, 11) is 0. The molecule has 0 atom stereocenters. The topological polar surface area (TPSA) is 35.2 Å². The number of ether oxygens (including phenoxy) is 1. The highest BCUT2D eigenvalue weighted by Gasteiger charge is 2.04. The van der Waals surface area contributed by atoms with E-state index in [9.17, 15) is 0 Å². The van der Waals surface area contributed by atoms with Crippen molar-refractivity contribution < 1.29 is 4.74 Å². The van der Waals surface area contributed by atoms with Crippen LogP contribution in [0.5, 0.6) is 5.75 Å². The summed E-state index contributed by atoms with van der Waals surface area (Å²) >= 11 is 3.45. The van der Waals surface area contributed by atoms with Gasteiger partial charge in [-0.1, -0.05) is 46.3 Å². The van der Waals surface area contributed by atoms with Gasteiger partial charge in [0.1, 0.15) is 12.4 Å². The van der Waals surface area contributed by atoms with E-state index in [0.717, 1.165) is 26.9 Å². The minimum atomic E-state index is 0.539. The van der Waals surface area contributed by atoms with E-state index in [2.05, 4.69) is 22.0 Å². The molecule has 0 amide bonds. The third-order valence-corrected chi connectivity index (χ3v) is 3.36. The van der Waals surface area contributed by atoms with Crippen LogP contribution in [0.3, 0.4) is 0 Å². The summed E-state index contributed by atoms with van der Waals surface area (Å²) in [5.74, 6) is 0.899. The van der Waals surface area contributed by atoms with Crippen LogP contribution < -0.4 is 10.5 Å². The molecule has 2 aromatic carbocycles. The van der Waals surface area contributed by atoms with Crippen molar-refractivity contribution in [2.45, 2.75) is 20.1 Å². The fourth-order valence-electron chi connectivity index (χ4n) is 1.78. The van der Waals surface area contributed by atoms with Crippen LogP contribution in [0, 0.1) is 6.92 Å². The fourth-order valence-corrected chi connectivity index (χ4v) is 2.12. The largest absolute Gasteiger partial charge is 0.489 e. The van der Waals surface area contributed by atoms with Gasteiger partial charge in [0.05, 0.1) is 0 Å². The van der Waals surface area contributed by atoms with Gasteiger partial charge < -0.3 is 10.5 Å². The lowest BCUT2D eigenvalue weighted by molar-refractivity contribution is 0.302. The predicted molar refractivity (Wildman–Crippen MR) is 77.5 cm³/mol. The Balaban J connectivity index is 2.14. The first kappa shape index (κ1) is 13.1. The Labute approximate surface area is 116 Å². The monoisotopic (exact) mass is 305 g/mol. The Morgan fingerprint density at radius 2 is 1.83 bits per heavy atom. The Kier molecular flexibility index (Phi) is 4.39. The molecule has 0 spiro atoms. The van der Waals surface area contributed by atoms with Crippen molar-refractivity contribution >= 4 is 15.9 Å². The molecule has 0 unspecified atom stereocenters. The van der Waals surface area contributed by atoms with Crippen LogP contribution in [0.2, 0.25) is 0 Å². The molecule has 3 heteroatoms. The van der Waals surface area contributed by atoms with E-state index in [1.54, 1.807) is 0 Å². The Hall–Kier alpha value is -1.32. The summed E-state index contributed by atoms with van der Waals surface area (Å²) in [5, 5.41) is 0.